The van der Waals surface area contributed by atoms with Gasteiger partial charge in [0.1, 0.15) is 22.2 Å². The highest BCUT2D eigenvalue weighted by molar-refractivity contribution is 7.89. The average Bonchev–Trinajstić information content (AvgIpc) is 3.22. The van der Waals surface area contributed by atoms with Crippen molar-refractivity contribution in [3.63, 3.8) is 0 Å². The van der Waals surface area contributed by atoms with E-state index in [-0.39, 0.29) is 11.9 Å². The molecule has 9 heteroatoms. The predicted molar refractivity (Wildman–Crippen MR) is 109 cm³/mol. The van der Waals surface area contributed by atoms with E-state index in [0.29, 0.717) is 18.0 Å². The van der Waals surface area contributed by atoms with Gasteiger partial charge in [-0.05, 0) is 44.0 Å². The van der Waals surface area contributed by atoms with Gasteiger partial charge >= 0.3 is 0 Å². The van der Waals surface area contributed by atoms with Crippen molar-refractivity contribution in [2.75, 3.05) is 20.8 Å². The maximum Gasteiger partial charge on any atom is 0.244 e. The van der Waals surface area contributed by atoms with Gasteiger partial charge in [0, 0.05) is 18.2 Å². The van der Waals surface area contributed by atoms with Crippen molar-refractivity contribution < 1.29 is 27.1 Å². The summed E-state index contributed by atoms with van der Waals surface area (Å²) in [7, 11) is -1.08. The van der Waals surface area contributed by atoms with E-state index >= 15 is 0 Å². The number of halogens is 1. The van der Waals surface area contributed by atoms with Crippen LogP contribution in [0.2, 0.25) is 0 Å². The lowest BCUT2D eigenvalue weighted by Gasteiger charge is -2.29. The van der Waals surface area contributed by atoms with Crippen molar-refractivity contribution in [1.29, 1.82) is 0 Å². The largest absolute Gasteiger partial charge is 0.497 e. The summed E-state index contributed by atoms with van der Waals surface area (Å²) < 4.78 is 52.0. The minimum absolute atomic E-state index is 0.251. The van der Waals surface area contributed by atoms with E-state index in [9.17, 15) is 17.6 Å². The Morgan fingerprint density at radius 3 is 2.60 bits per heavy atom. The van der Waals surface area contributed by atoms with Crippen molar-refractivity contribution in [2.45, 2.75) is 36.7 Å². The average molecular weight is 437 g/mol. The minimum atomic E-state index is -4.18. The van der Waals surface area contributed by atoms with Crippen LogP contribution in [0.15, 0.2) is 47.4 Å². The van der Waals surface area contributed by atoms with Crippen molar-refractivity contribution in [3.05, 3.63) is 53.8 Å². The molecule has 1 heterocycles. The third-order valence-electron chi connectivity index (χ3n) is 5.16. The molecule has 0 unspecified atom stereocenters. The van der Waals surface area contributed by atoms with Crippen LogP contribution in [0.1, 0.15) is 31.4 Å². The molecular weight excluding hydrogens is 411 g/mol. The number of ether oxygens (including phenoxy) is 2. The lowest BCUT2D eigenvalue weighted by molar-refractivity contribution is -0.133. The number of benzene rings is 2. The molecule has 1 aliphatic rings. The molecule has 2 atom stereocenters. The first kappa shape index (κ1) is 22.0. The summed E-state index contributed by atoms with van der Waals surface area (Å²) >= 11 is 0. The zero-order chi connectivity index (χ0) is 21.9. The van der Waals surface area contributed by atoms with Gasteiger partial charge < -0.3 is 14.4 Å². The Bertz CT molecular complexity index is 1030. The molecule has 1 aliphatic heterocycles. The molecule has 1 fully saturated rings. The molecule has 0 aromatic heterocycles. The Morgan fingerprint density at radius 1 is 1.20 bits per heavy atom. The fourth-order valence-corrected chi connectivity index (χ4v) is 4.98. The number of nitrogens with zero attached hydrogens (tertiary/aromatic N) is 1. The van der Waals surface area contributed by atoms with Crippen LogP contribution in [0.3, 0.4) is 0 Å². The number of carbonyl (C=O) groups is 1. The highest BCUT2D eigenvalue weighted by atomic mass is 32.2. The third-order valence-corrected chi connectivity index (χ3v) is 6.74. The van der Waals surface area contributed by atoms with E-state index in [0.717, 1.165) is 30.5 Å². The van der Waals surface area contributed by atoms with Gasteiger partial charge in [0.15, 0.2) is 0 Å². The van der Waals surface area contributed by atoms with Gasteiger partial charge in [-0.1, -0.05) is 12.1 Å². The molecule has 7 nitrogen and oxygen atoms in total. The van der Waals surface area contributed by atoms with Crippen molar-refractivity contribution in [1.82, 2.24) is 9.62 Å². The van der Waals surface area contributed by atoms with E-state index in [2.05, 4.69) is 4.72 Å². The normalized spacial score (nSPS) is 17.6. The molecule has 2 aromatic rings. The van der Waals surface area contributed by atoms with E-state index in [4.69, 9.17) is 9.47 Å². The van der Waals surface area contributed by atoms with Crippen LogP contribution < -0.4 is 14.2 Å². The molecule has 0 aliphatic carbocycles. The van der Waals surface area contributed by atoms with Gasteiger partial charge in [-0.25, -0.2) is 12.8 Å². The van der Waals surface area contributed by atoms with Gasteiger partial charge in [0.2, 0.25) is 15.9 Å². The summed E-state index contributed by atoms with van der Waals surface area (Å²) in [5.41, 5.74) is 0.827. The van der Waals surface area contributed by atoms with Crippen LogP contribution in [-0.4, -0.2) is 46.0 Å². The van der Waals surface area contributed by atoms with E-state index in [1.807, 2.05) is 6.07 Å². The Balaban J connectivity index is 1.81. The fraction of sp³-hybridized carbons (Fsp3) is 0.381. The Morgan fingerprint density at radius 2 is 1.93 bits per heavy atom. The third kappa shape index (κ3) is 4.41. The van der Waals surface area contributed by atoms with Gasteiger partial charge in [0.25, 0.3) is 0 Å². The molecule has 0 spiro atoms. The Labute approximate surface area is 175 Å². The zero-order valence-corrected chi connectivity index (χ0v) is 17.9. The summed E-state index contributed by atoms with van der Waals surface area (Å²) in [4.78, 5) is 14.2. The predicted octanol–water partition coefficient (Wildman–Crippen LogP) is 2.87. The van der Waals surface area contributed by atoms with Gasteiger partial charge in [-0.15, -0.1) is 0 Å². The number of hydrogen-bond donors (Lipinski definition) is 1. The Kier molecular flexibility index (Phi) is 6.62. The quantitative estimate of drug-likeness (QED) is 0.722. The smallest absolute Gasteiger partial charge is 0.244 e. The summed E-state index contributed by atoms with van der Waals surface area (Å²) in [6, 6.07) is 9.14. The molecule has 1 amide bonds. The second-order valence-electron chi connectivity index (χ2n) is 7.07. The van der Waals surface area contributed by atoms with Gasteiger partial charge in [0.05, 0.1) is 26.3 Å². The van der Waals surface area contributed by atoms with Gasteiger partial charge in [-0.2, -0.15) is 4.72 Å². The standard InChI is InChI=1S/C21H25FN2O5S/c1-14(23-30(26,27)20-9-5-4-7-17(20)22)21(25)24-12-6-8-18(24)16-11-10-15(28-2)13-19(16)29-3/h4-5,7,9-11,13-14,18,23H,6,8,12H2,1-3H3/t14-,18+/m1/s1. The monoisotopic (exact) mass is 436 g/mol. The second-order valence-corrected chi connectivity index (χ2v) is 8.75. The molecular formula is C21H25FN2O5S. The zero-order valence-electron chi connectivity index (χ0n) is 17.1. The molecule has 1 N–H and O–H groups in total. The summed E-state index contributed by atoms with van der Waals surface area (Å²) in [5, 5.41) is 0. The second kappa shape index (κ2) is 9.01. The SMILES string of the molecule is COc1ccc([C@@H]2CCCN2C(=O)[C@@H](C)NS(=O)(=O)c2ccccc2F)c(OC)c1. The number of carbonyl (C=O) groups excluding carboxylic acids is 1. The van der Waals surface area contributed by atoms with Gasteiger partial charge in [-0.3, -0.25) is 4.79 Å². The van der Waals surface area contributed by atoms with Crippen LogP contribution in [-0.2, 0) is 14.8 Å². The molecule has 3 rings (SSSR count). The number of sulfonamides is 1. The van der Waals surface area contributed by atoms with E-state index < -0.39 is 26.8 Å². The topological polar surface area (TPSA) is 84.9 Å². The lowest BCUT2D eigenvalue weighted by atomic mass is 10.0. The first-order valence-electron chi connectivity index (χ1n) is 9.57. The minimum Gasteiger partial charge on any atom is -0.497 e. The van der Waals surface area contributed by atoms with Crippen molar-refractivity contribution >= 4 is 15.9 Å². The van der Waals surface area contributed by atoms with Crippen molar-refractivity contribution in [3.8, 4) is 11.5 Å². The number of hydrogen-bond acceptors (Lipinski definition) is 5. The van der Waals surface area contributed by atoms with Crippen molar-refractivity contribution in [2.24, 2.45) is 0 Å². The van der Waals surface area contributed by atoms with E-state index in [1.54, 1.807) is 31.3 Å². The molecule has 2 aromatic carbocycles. The lowest BCUT2D eigenvalue weighted by Crippen LogP contribution is -2.46. The number of nitrogens with one attached hydrogen (secondary N) is 1. The molecule has 162 valence electrons. The highest BCUT2D eigenvalue weighted by Crippen LogP contribution is 2.39. The number of methoxy groups -OCH3 is 2. The van der Waals surface area contributed by atoms with Crippen LogP contribution in [0, 0.1) is 5.82 Å². The van der Waals surface area contributed by atoms with Crippen LogP contribution in [0.4, 0.5) is 4.39 Å². The van der Waals surface area contributed by atoms with E-state index in [1.165, 1.54) is 19.1 Å². The first-order valence-corrected chi connectivity index (χ1v) is 11.1. The van der Waals surface area contributed by atoms with Crippen LogP contribution >= 0.6 is 0 Å². The number of rotatable bonds is 7. The highest BCUT2D eigenvalue weighted by Gasteiger charge is 2.35. The maximum atomic E-state index is 13.9. The molecule has 0 bridgehead atoms. The van der Waals surface area contributed by atoms with Crippen LogP contribution in [0.25, 0.3) is 0 Å². The number of likely N-dealkylation sites (tertiary alicyclic amines) is 1. The summed E-state index contributed by atoms with van der Waals surface area (Å²) in [6.07, 6.45) is 1.50. The molecule has 30 heavy (non-hydrogen) atoms. The number of amides is 1. The summed E-state index contributed by atoms with van der Waals surface area (Å²) in [5.74, 6) is -0.0157. The first-order chi connectivity index (χ1) is 14.3. The van der Waals surface area contributed by atoms with Crippen LogP contribution in [0.5, 0.6) is 11.5 Å². The maximum absolute atomic E-state index is 13.9. The molecule has 1 saturated heterocycles. The summed E-state index contributed by atoms with van der Waals surface area (Å²) in [6.45, 7) is 1.95. The molecule has 0 saturated carbocycles. The Hall–Kier alpha value is -2.65. The fourth-order valence-electron chi connectivity index (χ4n) is 3.71. The molecule has 0 radical (unpaired) electrons.